The summed E-state index contributed by atoms with van der Waals surface area (Å²) >= 11 is 3.83. The van der Waals surface area contributed by atoms with Gasteiger partial charge in [0.05, 0.1) is 9.40 Å². The highest BCUT2D eigenvalue weighted by atomic mass is 32.1. The Bertz CT molecular complexity index is 1820. The molecule has 2 aromatic heterocycles. The maximum atomic E-state index is 3.69. The Balaban J connectivity index is 1.81. The molecule has 0 saturated heterocycles. The molecule has 0 nitrogen and oxygen atoms in total. The van der Waals surface area contributed by atoms with Gasteiger partial charge in [-0.3, -0.25) is 0 Å². The predicted molar refractivity (Wildman–Crippen MR) is 170 cm³/mol. The van der Waals surface area contributed by atoms with Crippen molar-refractivity contribution in [1.82, 2.24) is 0 Å². The molecule has 6 aromatic rings. The van der Waals surface area contributed by atoms with E-state index in [0.29, 0.717) is 0 Å². The summed E-state index contributed by atoms with van der Waals surface area (Å²) in [5.74, 6) is 7.38. The average Bonchev–Trinajstić information content (AvgIpc) is 3.33. The number of hydrogen-bond donors (Lipinski definition) is 0. The van der Waals surface area contributed by atoms with Crippen molar-refractivity contribution in [1.29, 1.82) is 0 Å². The molecule has 0 radical (unpaired) electrons. The summed E-state index contributed by atoms with van der Waals surface area (Å²) in [5.41, 5.74) is 9.73. The van der Waals surface area contributed by atoms with Crippen LogP contribution in [-0.4, -0.2) is 16.1 Å². The molecule has 0 N–H and O–H groups in total. The van der Waals surface area contributed by atoms with E-state index in [1.807, 2.05) is 22.7 Å². The molecule has 0 spiro atoms. The van der Waals surface area contributed by atoms with Crippen LogP contribution in [0.25, 0.3) is 51.1 Å². The van der Waals surface area contributed by atoms with Crippen molar-refractivity contribution in [3.8, 4) is 22.9 Å². The highest BCUT2D eigenvalue weighted by Crippen LogP contribution is 2.49. The van der Waals surface area contributed by atoms with Crippen LogP contribution in [0.1, 0.15) is 11.1 Å². The zero-order chi connectivity index (χ0) is 25.2. The fourth-order valence-corrected chi connectivity index (χ4v) is 8.48. The van der Waals surface area contributed by atoms with Gasteiger partial charge in [-0.15, -0.1) is 33.8 Å². The van der Waals surface area contributed by atoms with Crippen LogP contribution in [0.5, 0.6) is 0 Å². The van der Waals surface area contributed by atoms with Crippen molar-refractivity contribution < 1.29 is 0 Å². The van der Waals surface area contributed by atoms with Gasteiger partial charge in [-0.2, -0.15) is 0 Å². The largest absolute Gasteiger partial charge is 0.133 e. The molecular weight excluding hydrogens is 505 g/mol. The van der Waals surface area contributed by atoms with Gasteiger partial charge in [0.2, 0.25) is 0 Å². The van der Waals surface area contributed by atoms with E-state index in [9.17, 15) is 0 Å². The van der Waals surface area contributed by atoms with Crippen LogP contribution in [0.15, 0.2) is 60.7 Å². The van der Waals surface area contributed by atoms with E-state index in [4.69, 9.17) is 0 Å². The fraction of sp³-hybridized carbons (Fsp3) is 0.188. The lowest BCUT2D eigenvalue weighted by atomic mass is 10.00. The first-order valence-electron chi connectivity index (χ1n) is 12.4. The topological polar surface area (TPSA) is 0 Å². The maximum Gasteiger partial charge on any atom is 0.129 e. The van der Waals surface area contributed by atoms with E-state index < -0.39 is 16.1 Å². The normalized spacial score (nSPS) is 12.3. The molecule has 6 rings (SSSR count). The standard InChI is InChI=1S/C32H28S2Si2/c1-35(2,3)17-15-25-23-13-9-7-11-21(23)19-27-29(25)31-32(33-27)30-26(16-18-36(4,5)6)24-14-10-8-12-22(24)20-28(30)34-31/h7-14,19-20H,1-6H3. The van der Waals surface area contributed by atoms with E-state index >= 15 is 0 Å². The molecule has 0 bridgehead atoms. The van der Waals surface area contributed by atoms with Crippen molar-refractivity contribution in [3.05, 3.63) is 71.8 Å². The molecule has 0 atom stereocenters. The van der Waals surface area contributed by atoms with Crippen LogP contribution >= 0.6 is 22.7 Å². The number of hydrogen-bond acceptors (Lipinski definition) is 2. The third kappa shape index (κ3) is 4.09. The molecule has 2 heterocycles. The van der Waals surface area contributed by atoms with Crippen molar-refractivity contribution in [2.75, 3.05) is 0 Å². The first-order chi connectivity index (χ1) is 17.1. The van der Waals surface area contributed by atoms with Crippen LogP contribution in [0, 0.1) is 22.9 Å². The van der Waals surface area contributed by atoms with Crippen molar-refractivity contribution in [2.24, 2.45) is 0 Å². The van der Waals surface area contributed by atoms with Gasteiger partial charge < -0.3 is 0 Å². The molecule has 0 fully saturated rings. The Kier molecular flexibility index (Phi) is 5.45. The Morgan fingerprint density at radius 3 is 1.33 bits per heavy atom. The summed E-state index contributed by atoms with van der Waals surface area (Å²) in [6, 6.07) is 22.2. The number of thiophene rings is 2. The number of fused-ring (bicyclic) bond motifs is 7. The lowest BCUT2D eigenvalue weighted by Gasteiger charge is -2.07. The third-order valence-electron chi connectivity index (χ3n) is 6.24. The molecule has 0 saturated carbocycles. The van der Waals surface area contributed by atoms with Crippen molar-refractivity contribution in [3.63, 3.8) is 0 Å². The molecule has 0 unspecified atom stereocenters. The smallest absolute Gasteiger partial charge is 0.129 e. The molecule has 176 valence electrons. The lowest BCUT2D eigenvalue weighted by molar-refractivity contribution is 1.78. The molecular formula is C32H28S2Si2. The van der Waals surface area contributed by atoms with E-state index in [-0.39, 0.29) is 0 Å². The van der Waals surface area contributed by atoms with E-state index in [0.717, 1.165) is 0 Å². The molecule has 0 aliphatic rings. The van der Waals surface area contributed by atoms with Crippen LogP contribution in [0.3, 0.4) is 0 Å². The van der Waals surface area contributed by atoms with Gasteiger partial charge in [-0.25, -0.2) is 0 Å². The SMILES string of the molecule is C[Si](C)(C)C#Cc1c2ccccc2cc2sc3c(sc4cc5ccccc5c(C#C[Si](C)(C)C)c43)c12. The van der Waals surface area contributed by atoms with E-state index in [1.54, 1.807) is 0 Å². The van der Waals surface area contributed by atoms with Crippen LogP contribution < -0.4 is 0 Å². The third-order valence-corrected chi connectivity index (χ3v) is 10.4. The first kappa shape index (κ1) is 23.5. The molecule has 0 amide bonds. The van der Waals surface area contributed by atoms with Crippen LogP contribution in [0.2, 0.25) is 39.3 Å². The molecule has 36 heavy (non-hydrogen) atoms. The number of benzene rings is 4. The summed E-state index contributed by atoms with van der Waals surface area (Å²) in [4.78, 5) is 0. The summed E-state index contributed by atoms with van der Waals surface area (Å²) in [6.45, 7) is 13.9. The van der Waals surface area contributed by atoms with Crippen LogP contribution in [-0.2, 0) is 0 Å². The Morgan fingerprint density at radius 1 is 0.556 bits per heavy atom. The first-order valence-corrected chi connectivity index (χ1v) is 21.0. The van der Waals surface area contributed by atoms with Gasteiger partial charge in [0.15, 0.2) is 0 Å². The zero-order valence-corrected chi connectivity index (χ0v) is 25.2. The van der Waals surface area contributed by atoms with Crippen LogP contribution in [0.4, 0.5) is 0 Å². The predicted octanol–water partition coefficient (Wildman–Crippen LogP) is 10.0. The second-order valence-electron chi connectivity index (χ2n) is 11.6. The zero-order valence-electron chi connectivity index (χ0n) is 21.6. The second kappa shape index (κ2) is 8.33. The summed E-state index contributed by atoms with van der Waals surface area (Å²) in [5, 5.41) is 7.72. The van der Waals surface area contributed by atoms with Crippen molar-refractivity contribution in [2.45, 2.75) is 39.3 Å². The Morgan fingerprint density at radius 2 is 0.944 bits per heavy atom. The van der Waals surface area contributed by atoms with Gasteiger partial charge in [0.25, 0.3) is 0 Å². The van der Waals surface area contributed by atoms with E-state index in [2.05, 4.69) is 123 Å². The number of rotatable bonds is 0. The molecule has 4 heteroatoms. The van der Waals surface area contributed by atoms with Gasteiger partial charge >= 0.3 is 0 Å². The van der Waals surface area contributed by atoms with Crippen molar-refractivity contribution >= 4 is 89.9 Å². The molecule has 0 aliphatic carbocycles. The lowest BCUT2D eigenvalue weighted by Crippen LogP contribution is -2.16. The summed E-state index contributed by atoms with van der Waals surface area (Å²) in [7, 11) is -3.07. The highest BCUT2D eigenvalue weighted by Gasteiger charge is 2.20. The molecule has 0 aliphatic heterocycles. The minimum atomic E-state index is -1.53. The van der Waals surface area contributed by atoms with Gasteiger partial charge in [-0.1, -0.05) is 99.7 Å². The summed E-state index contributed by atoms with van der Waals surface area (Å²) < 4.78 is 5.38. The van der Waals surface area contributed by atoms with Gasteiger partial charge in [0, 0.05) is 31.3 Å². The molecule has 4 aromatic carbocycles. The quantitative estimate of drug-likeness (QED) is 0.135. The second-order valence-corrected chi connectivity index (χ2v) is 23.2. The monoisotopic (exact) mass is 532 g/mol. The highest BCUT2D eigenvalue weighted by molar-refractivity contribution is 7.36. The Labute approximate surface area is 223 Å². The maximum absolute atomic E-state index is 3.69. The van der Waals surface area contributed by atoms with Gasteiger partial charge in [-0.05, 0) is 33.7 Å². The summed E-state index contributed by atoms with van der Waals surface area (Å²) in [6.07, 6.45) is 0. The van der Waals surface area contributed by atoms with Gasteiger partial charge in [0.1, 0.15) is 16.1 Å². The average molecular weight is 533 g/mol. The minimum absolute atomic E-state index is 1.20. The fourth-order valence-electron chi connectivity index (χ4n) is 4.66. The van der Waals surface area contributed by atoms with E-state index in [1.165, 1.54) is 62.2 Å². The minimum Gasteiger partial charge on any atom is -0.133 e. The Hall–Kier alpha value is -2.87.